The summed E-state index contributed by atoms with van der Waals surface area (Å²) in [4.78, 5) is 27.0. The topological polar surface area (TPSA) is 103 Å². The first kappa shape index (κ1) is 26.5. The van der Waals surface area contributed by atoms with Crippen molar-refractivity contribution in [1.82, 2.24) is 5.32 Å². The van der Waals surface area contributed by atoms with Crippen LogP contribution in [0.5, 0.6) is 5.75 Å². The Morgan fingerprint density at radius 3 is 2.57 bits per heavy atom. The maximum Gasteiger partial charge on any atom is 0.254 e. The average molecular weight is 596 g/mol. The number of carbonyl (C=O) groups excluding carboxylic acids is 2. The van der Waals surface area contributed by atoms with E-state index in [9.17, 15) is 14.9 Å². The minimum atomic E-state index is -0.571. The molecule has 37 heavy (non-hydrogen) atoms. The van der Waals surface area contributed by atoms with Crippen molar-refractivity contribution >= 4 is 62.2 Å². The third kappa shape index (κ3) is 6.25. The van der Waals surface area contributed by atoms with Crippen LogP contribution in [-0.4, -0.2) is 24.7 Å². The molecule has 2 heterocycles. The summed E-state index contributed by atoms with van der Waals surface area (Å²) in [5.74, 6) is -0.477. The monoisotopic (exact) mass is 594 g/mol. The Kier molecular flexibility index (Phi) is 8.71. The molecule has 0 aliphatic carbocycles. The number of hydrogen-bond donors (Lipinski definition) is 3. The molecule has 1 atom stereocenters. The highest BCUT2D eigenvalue weighted by molar-refractivity contribution is 9.10. The van der Waals surface area contributed by atoms with Gasteiger partial charge in [-0.2, -0.15) is 5.26 Å². The smallest absolute Gasteiger partial charge is 0.254 e. The number of carbonyl (C=O) groups is 2. The van der Waals surface area contributed by atoms with Gasteiger partial charge in [-0.05, 0) is 54.8 Å². The second-order valence-corrected chi connectivity index (χ2v) is 10.8. The first-order valence-corrected chi connectivity index (χ1v) is 13.8. The average Bonchev–Trinajstić information content (AvgIpc) is 3.43. The van der Waals surface area contributed by atoms with E-state index >= 15 is 0 Å². The number of allylic oxidation sites excluding steroid dienone is 2. The van der Waals surface area contributed by atoms with E-state index in [1.165, 1.54) is 23.1 Å². The van der Waals surface area contributed by atoms with Gasteiger partial charge >= 0.3 is 0 Å². The van der Waals surface area contributed by atoms with E-state index in [0.29, 0.717) is 39.0 Å². The summed E-state index contributed by atoms with van der Waals surface area (Å²) in [6.07, 6.45) is 0. The number of dihydropyridines is 1. The SMILES string of the molecule is COc1ccccc1NC(=O)C1=C(C)NC(SCC(=O)Nc2ccc(Br)cc2)=C(C#N)[C@H]1c1cccs1. The maximum absolute atomic E-state index is 13.5. The number of rotatable bonds is 8. The van der Waals surface area contributed by atoms with Gasteiger partial charge in [0.1, 0.15) is 5.75 Å². The molecule has 0 saturated carbocycles. The van der Waals surface area contributed by atoms with Crippen LogP contribution in [0.15, 0.2) is 92.4 Å². The zero-order valence-electron chi connectivity index (χ0n) is 20.0. The van der Waals surface area contributed by atoms with Gasteiger partial charge in [0.25, 0.3) is 5.91 Å². The Morgan fingerprint density at radius 1 is 1.14 bits per heavy atom. The van der Waals surface area contributed by atoms with Gasteiger partial charge in [-0.15, -0.1) is 11.3 Å². The van der Waals surface area contributed by atoms with Crippen molar-refractivity contribution in [2.24, 2.45) is 0 Å². The largest absolute Gasteiger partial charge is 0.495 e. The van der Waals surface area contributed by atoms with Gasteiger partial charge in [0, 0.05) is 26.3 Å². The van der Waals surface area contributed by atoms with Crippen molar-refractivity contribution < 1.29 is 14.3 Å². The summed E-state index contributed by atoms with van der Waals surface area (Å²) >= 11 is 6.08. The first-order valence-electron chi connectivity index (χ1n) is 11.2. The third-order valence-corrected chi connectivity index (χ3v) is 8.03. The Hall–Kier alpha value is -3.52. The van der Waals surface area contributed by atoms with Gasteiger partial charge in [0.2, 0.25) is 5.91 Å². The van der Waals surface area contributed by atoms with Crippen molar-refractivity contribution in [3.05, 3.63) is 97.3 Å². The summed E-state index contributed by atoms with van der Waals surface area (Å²) in [5, 5.41) is 21.6. The van der Waals surface area contributed by atoms with Gasteiger partial charge < -0.3 is 20.7 Å². The molecule has 3 N–H and O–H groups in total. The molecule has 0 fully saturated rings. The highest BCUT2D eigenvalue weighted by atomic mass is 79.9. The molecule has 188 valence electrons. The Morgan fingerprint density at radius 2 is 1.89 bits per heavy atom. The van der Waals surface area contributed by atoms with Crippen LogP contribution in [0.3, 0.4) is 0 Å². The van der Waals surface area contributed by atoms with Crippen molar-refractivity contribution in [2.75, 3.05) is 23.5 Å². The lowest BCUT2D eigenvalue weighted by Gasteiger charge is -2.29. The van der Waals surface area contributed by atoms with E-state index in [1.54, 1.807) is 38.3 Å². The number of methoxy groups -OCH3 is 1. The van der Waals surface area contributed by atoms with E-state index in [2.05, 4.69) is 37.9 Å². The van der Waals surface area contributed by atoms with Gasteiger partial charge in [-0.25, -0.2) is 0 Å². The second kappa shape index (κ2) is 12.1. The fraction of sp³-hybridized carbons (Fsp3) is 0.148. The summed E-state index contributed by atoms with van der Waals surface area (Å²) < 4.78 is 6.29. The molecule has 4 rings (SSSR count). The van der Waals surface area contributed by atoms with E-state index in [-0.39, 0.29) is 17.6 Å². The second-order valence-electron chi connectivity index (χ2n) is 7.96. The predicted molar refractivity (Wildman–Crippen MR) is 152 cm³/mol. The zero-order chi connectivity index (χ0) is 26.4. The number of para-hydroxylation sites is 2. The molecule has 2 aromatic carbocycles. The molecule has 7 nitrogen and oxygen atoms in total. The summed E-state index contributed by atoms with van der Waals surface area (Å²) in [7, 11) is 1.54. The number of nitrogens with one attached hydrogen (secondary N) is 3. The number of amides is 2. The summed E-state index contributed by atoms with van der Waals surface area (Å²) in [6, 6.07) is 20.5. The van der Waals surface area contributed by atoms with Crippen LogP contribution in [0, 0.1) is 11.3 Å². The molecule has 0 bridgehead atoms. The summed E-state index contributed by atoms with van der Waals surface area (Å²) in [6.45, 7) is 1.80. The minimum Gasteiger partial charge on any atom is -0.495 e. The third-order valence-electron chi connectivity index (χ3n) is 5.55. The lowest BCUT2D eigenvalue weighted by atomic mass is 9.86. The lowest BCUT2D eigenvalue weighted by molar-refractivity contribution is -0.114. The van der Waals surface area contributed by atoms with Gasteiger partial charge in [0.15, 0.2) is 0 Å². The Labute approximate surface area is 231 Å². The number of hydrogen-bond acceptors (Lipinski definition) is 7. The van der Waals surface area contributed by atoms with Gasteiger partial charge in [0.05, 0.1) is 41.1 Å². The molecule has 0 radical (unpaired) electrons. The van der Waals surface area contributed by atoms with Crippen molar-refractivity contribution in [2.45, 2.75) is 12.8 Å². The van der Waals surface area contributed by atoms with Crippen LogP contribution in [0.2, 0.25) is 0 Å². The predicted octanol–water partition coefficient (Wildman–Crippen LogP) is 6.23. The number of halogens is 1. The molecule has 0 spiro atoms. The van der Waals surface area contributed by atoms with Crippen molar-refractivity contribution in [1.29, 1.82) is 5.26 Å². The van der Waals surface area contributed by atoms with E-state index in [1.807, 2.05) is 41.8 Å². The van der Waals surface area contributed by atoms with Crippen molar-refractivity contribution in [3.63, 3.8) is 0 Å². The molecule has 0 saturated heterocycles. The zero-order valence-corrected chi connectivity index (χ0v) is 23.2. The number of nitrogens with zero attached hydrogens (tertiary/aromatic N) is 1. The van der Waals surface area contributed by atoms with Crippen LogP contribution < -0.4 is 20.7 Å². The number of thioether (sulfide) groups is 1. The fourth-order valence-electron chi connectivity index (χ4n) is 3.87. The van der Waals surface area contributed by atoms with E-state index in [4.69, 9.17) is 4.74 Å². The van der Waals surface area contributed by atoms with Gasteiger partial charge in [-0.1, -0.05) is 45.9 Å². The first-order chi connectivity index (χ1) is 17.9. The lowest BCUT2D eigenvalue weighted by Crippen LogP contribution is -2.31. The molecular weight excluding hydrogens is 572 g/mol. The van der Waals surface area contributed by atoms with Crippen molar-refractivity contribution in [3.8, 4) is 11.8 Å². The molecular formula is C27H23BrN4O3S2. The number of benzene rings is 2. The molecule has 3 aromatic rings. The number of nitriles is 1. The molecule has 0 unspecified atom stereocenters. The molecule has 1 aliphatic heterocycles. The minimum absolute atomic E-state index is 0.0940. The fourth-order valence-corrected chi connectivity index (χ4v) is 5.87. The molecule has 2 amide bonds. The van der Waals surface area contributed by atoms with E-state index in [0.717, 1.165) is 9.35 Å². The summed E-state index contributed by atoms with van der Waals surface area (Å²) in [5.41, 5.74) is 2.66. The Bertz CT molecular complexity index is 1410. The highest BCUT2D eigenvalue weighted by Gasteiger charge is 2.35. The quantitative estimate of drug-likeness (QED) is 0.286. The molecule has 1 aliphatic rings. The van der Waals surface area contributed by atoms with Crippen LogP contribution in [0.1, 0.15) is 17.7 Å². The van der Waals surface area contributed by atoms with Crippen LogP contribution in [0.25, 0.3) is 0 Å². The number of thiophene rings is 1. The van der Waals surface area contributed by atoms with Crippen LogP contribution in [-0.2, 0) is 9.59 Å². The van der Waals surface area contributed by atoms with E-state index < -0.39 is 5.92 Å². The number of anilines is 2. The van der Waals surface area contributed by atoms with Crippen LogP contribution in [0.4, 0.5) is 11.4 Å². The standard InChI is InChI=1S/C27H23BrN4O3S2/c1-16-24(26(34)32-20-6-3-4-7-21(20)35-2)25(22-8-5-13-36-22)19(14-29)27(30-16)37-15-23(33)31-18-11-9-17(28)10-12-18/h3-13,25,30H,15H2,1-2H3,(H,31,33)(H,32,34)/t25-/m0/s1. The molecule has 1 aromatic heterocycles. The normalized spacial score (nSPS) is 15.0. The number of ether oxygens (including phenoxy) is 1. The molecule has 10 heteroatoms. The highest BCUT2D eigenvalue weighted by Crippen LogP contribution is 2.42. The maximum atomic E-state index is 13.5. The van der Waals surface area contributed by atoms with Crippen LogP contribution >= 0.6 is 39.0 Å². The Balaban J connectivity index is 1.59. The van der Waals surface area contributed by atoms with Gasteiger partial charge in [-0.3, -0.25) is 9.59 Å².